The van der Waals surface area contributed by atoms with Crippen LogP contribution in [0.15, 0.2) is 54.6 Å². The van der Waals surface area contributed by atoms with Gasteiger partial charge in [-0.3, -0.25) is 4.79 Å². The maximum absolute atomic E-state index is 12.4. The third-order valence-corrected chi connectivity index (χ3v) is 4.17. The van der Waals surface area contributed by atoms with Crippen LogP contribution in [-0.4, -0.2) is 25.7 Å². The maximum Gasteiger partial charge on any atom is 0.262 e. The third kappa shape index (κ3) is 4.96. The highest BCUT2D eigenvalue weighted by Gasteiger charge is 2.14. The van der Waals surface area contributed by atoms with Crippen LogP contribution in [0.5, 0.6) is 17.2 Å². The summed E-state index contributed by atoms with van der Waals surface area (Å²) in [6, 6.07) is 18.8. The van der Waals surface area contributed by atoms with Crippen molar-refractivity contribution in [3.63, 3.8) is 0 Å². The van der Waals surface area contributed by atoms with Crippen LogP contribution in [-0.2, 0) is 4.79 Å². The van der Waals surface area contributed by atoms with E-state index in [1.165, 1.54) is 0 Å². The van der Waals surface area contributed by atoms with Crippen LogP contribution in [0.1, 0.15) is 19.4 Å². The van der Waals surface area contributed by atoms with Gasteiger partial charge in [0.25, 0.3) is 5.91 Å². The zero-order valence-corrected chi connectivity index (χ0v) is 16.4. The van der Waals surface area contributed by atoms with Gasteiger partial charge in [0.15, 0.2) is 18.1 Å². The Morgan fingerprint density at radius 2 is 1.62 bits per heavy atom. The number of anilines is 1. The van der Waals surface area contributed by atoms with Crippen molar-refractivity contribution in [1.29, 1.82) is 5.26 Å². The summed E-state index contributed by atoms with van der Waals surface area (Å²) in [4.78, 5) is 12.4. The quantitative estimate of drug-likeness (QED) is 0.611. The van der Waals surface area contributed by atoms with Crippen molar-refractivity contribution in [2.75, 3.05) is 25.1 Å². The van der Waals surface area contributed by atoms with Gasteiger partial charge >= 0.3 is 0 Å². The molecule has 0 atom stereocenters. The van der Waals surface area contributed by atoms with Gasteiger partial charge in [0.1, 0.15) is 11.8 Å². The highest BCUT2D eigenvalue weighted by molar-refractivity contribution is 5.94. The van der Waals surface area contributed by atoms with Crippen LogP contribution in [0.25, 0.3) is 10.8 Å². The summed E-state index contributed by atoms with van der Waals surface area (Å²) in [5.41, 5.74) is 0.641. The number of hydrogen-bond acceptors (Lipinski definition) is 5. The molecule has 0 saturated heterocycles. The molecule has 148 valence electrons. The van der Waals surface area contributed by atoms with Gasteiger partial charge in [0, 0.05) is 12.1 Å². The van der Waals surface area contributed by atoms with Crippen molar-refractivity contribution in [1.82, 2.24) is 0 Å². The smallest absolute Gasteiger partial charge is 0.262 e. The van der Waals surface area contributed by atoms with Crippen molar-refractivity contribution in [3.8, 4) is 23.3 Å². The Hall–Kier alpha value is -3.72. The summed E-state index contributed by atoms with van der Waals surface area (Å²) in [5, 5.41) is 14.3. The number of hydrogen-bond donors (Lipinski definition) is 1. The number of fused-ring (bicyclic) bond motifs is 1. The Morgan fingerprint density at radius 3 is 2.31 bits per heavy atom. The molecule has 0 fully saturated rings. The SMILES string of the molecule is CCOc1cc(C#N)c(NC(=O)COc2ccc3ccccc3c2)cc1OCC. The Labute approximate surface area is 169 Å². The molecule has 0 aliphatic heterocycles. The van der Waals surface area contributed by atoms with E-state index >= 15 is 0 Å². The van der Waals surface area contributed by atoms with Gasteiger partial charge in [0.05, 0.1) is 24.5 Å². The molecule has 1 amide bonds. The number of ether oxygens (including phenoxy) is 3. The van der Waals surface area contributed by atoms with Crippen LogP contribution in [0.3, 0.4) is 0 Å². The minimum Gasteiger partial charge on any atom is -0.490 e. The Balaban J connectivity index is 1.71. The second-order valence-electron chi connectivity index (χ2n) is 6.17. The lowest BCUT2D eigenvalue weighted by Crippen LogP contribution is -2.20. The van der Waals surface area contributed by atoms with Crippen LogP contribution < -0.4 is 19.5 Å². The molecule has 3 aromatic rings. The lowest BCUT2D eigenvalue weighted by atomic mass is 10.1. The molecule has 3 aromatic carbocycles. The van der Waals surface area contributed by atoms with Gasteiger partial charge in [-0.25, -0.2) is 0 Å². The van der Waals surface area contributed by atoms with Crippen LogP contribution in [0.4, 0.5) is 5.69 Å². The van der Waals surface area contributed by atoms with Gasteiger partial charge < -0.3 is 19.5 Å². The van der Waals surface area contributed by atoms with Crippen molar-refractivity contribution in [2.45, 2.75) is 13.8 Å². The van der Waals surface area contributed by atoms with Crippen molar-refractivity contribution < 1.29 is 19.0 Å². The summed E-state index contributed by atoms with van der Waals surface area (Å²) in [6.07, 6.45) is 0. The molecule has 0 bridgehead atoms. The van der Waals surface area contributed by atoms with E-state index in [2.05, 4.69) is 11.4 Å². The lowest BCUT2D eigenvalue weighted by molar-refractivity contribution is -0.118. The first-order valence-electron chi connectivity index (χ1n) is 9.39. The molecular formula is C23H22N2O4. The van der Waals surface area contributed by atoms with Crippen LogP contribution >= 0.6 is 0 Å². The molecule has 0 heterocycles. The Morgan fingerprint density at radius 1 is 0.931 bits per heavy atom. The monoisotopic (exact) mass is 390 g/mol. The predicted molar refractivity (Wildman–Crippen MR) is 112 cm³/mol. The molecule has 6 nitrogen and oxygen atoms in total. The summed E-state index contributed by atoms with van der Waals surface area (Å²) < 4.78 is 16.7. The molecule has 29 heavy (non-hydrogen) atoms. The topological polar surface area (TPSA) is 80.6 Å². The van der Waals surface area contributed by atoms with Gasteiger partial charge in [-0.2, -0.15) is 5.26 Å². The molecule has 0 radical (unpaired) electrons. The van der Waals surface area contributed by atoms with Crippen molar-refractivity contribution >= 4 is 22.4 Å². The summed E-state index contributed by atoms with van der Waals surface area (Å²) in [7, 11) is 0. The number of rotatable bonds is 8. The molecular weight excluding hydrogens is 368 g/mol. The number of nitrogens with zero attached hydrogens (tertiary/aromatic N) is 1. The average Bonchev–Trinajstić information content (AvgIpc) is 2.74. The van der Waals surface area contributed by atoms with E-state index in [1.807, 2.05) is 56.3 Å². The number of amides is 1. The number of carbonyl (C=O) groups is 1. The zero-order valence-electron chi connectivity index (χ0n) is 16.4. The summed E-state index contributed by atoms with van der Waals surface area (Å²) >= 11 is 0. The lowest BCUT2D eigenvalue weighted by Gasteiger charge is -2.15. The van der Waals surface area contributed by atoms with E-state index < -0.39 is 0 Å². The fraction of sp³-hybridized carbons (Fsp3) is 0.217. The first-order valence-corrected chi connectivity index (χ1v) is 9.39. The average molecular weight is 390 g/mol. The van der Waals surface area contributed by atoms with Gasteiger partial charge in [-0.1, -0.05) is 30.3 Å². The molecule has 0 aliphatic carbocycles. The standard InChI is InChI=1S/C23H22N2O4/c1-3-27-21-12-18(14-24)20(13-22(21)28-4-2)25-23(26)15-29-19-10-9-16-7-5-6-8-17(16)11-19/h5-13H,3-4,15H2,1-2H3,(H,25,26). The predicted octanol–water partition coefficient (Wildman–Crippen LogP) is 4.53. The summed E-state index contributed by atoms with van der Waals surface area (Å²) in [6.45, 7) is 4.40. The molecule has 3 rings (SSSR count). The van der Waals surface area contributed by atoms with Crippen LogP contribution in [0, 0.1) is 11.3 Å². The van der Waals surface area contributed by atoms with E-state index in [1.54, 1.807) is 12.1 Å². The number of nitrogens with one attached hydrogen (secondary N) is 1. The van der Waals surface area contributed by atoms with Gasteiger partial charge in [-0.05, 0) is 36.8 Å². The van der Waals surface area contributed by atoms with E-state index in [-0.39, 0.29) is 18.1 Å². The minimum atomic E-state index is -0.374. The highest BCUT2D eigenvalue weighted by Crippen LogP contribution is 2.33. The van der Waals surface area contributed by atoms with E-state index in [4.69, 9.17) is 14.2 Å². The second kappa shape index (κ2) is 9.47. The molecule has 0 spiro atoms. The number of benzene rings is 3. The second-order valence-corrected chi connectivity index (χ2v) is 6.17. The van der Waals surface area contributed by atoms with Gasteiger partial charge in [-0.15, -0.1) is 0 Å². The summed E-state index contributed by atoms with van der Waals surface area (Å²) in [5.74, 6) is 1.16. The first kappa shape index (κ1) is 20.0. The molecule has 0 aliphatic rings. The third-order valence-electron chi connectivity index (χ3n) is 4.17. The molecule has 0 saturated carbocycles. The molecule has 0 unspecified atom stereocenters. The normalized spacial score (nSPS) is 10.2. The molecule has 0 aromatic heterocycles. The van der Waals surface area contributed by atoms with E-state index in [0.717, 1.165) is 10.8 Å². The number of carbonyl (C=O) groups excluding carboxylic acids is 1. The molecule has 6 heteroatoms. The Bertz CT molecular complexity index is 1060. The Kier molecular flexibility index (Phi) is 6.54. The minimum absolute atomic E-state index is 0.180. The van der Waals surface area contributed by atoms with Crippen molar-refractivity contribution in [3.05, 3.63) is 60.2 Å². The van der Waals surface area contributed by atoms with Crippen molar-refractivity contribution in [2.24, 2.45) is 0 Å². The van der Waals surface area contributed by atoms with Gasteiger partial charge in [0.2, 0.25) is 0 Å². The van der Waals surface area contributed by atoms with Crippen LogP contribution in [0.2, 0.25) is 0 Å². The fourth-order valence-corrected chi connectivity index (χ4v) is 2.88. The molecule has 1 N–H and O–H groups in total. The maximum atomic E-state index is 12.4. The first-order chi connectivity index (χ1) is 14.1. The largest absolute Gasteiger partial charge is 0.490 e. The fourth-order valence-electron chi connectivity index (χ4n) is 2.88. The number of nitriles is 1. The van der Waals surface area contributed by atoms with E-state index in [0.29, 0.717) is 36.1 Å². The zero-order chi connectivity index (χ0) is 20.6. The highest BCUT2D eigenvalue weighted by atomic mass is 16.5. The van der Waals surface area contributed by atoms with E-state index in [9.17, 15) is 10.1 Å².